The highest BCUT2D eigenvalue weighted by Gasteiger charge is 2.19. The van der Waals surface area contributed by atoms with E-state index in [0.29, 0.717) is 30.8 Å². The molecule has 0 radical (unpaired) electrons. The summed E-state index contributed by atoms with van der Waals surface area (Å²) in [6.07, 6.45) is 3.56. The van der Waals surface area contributed by atoms with Gasteiger partial charge in [-0.25, -0.2) is 4.79 Å². The molecule has 0 heterocycles. The van der Waals surface area contributed by atoms with Crippen molar-refractivity contribution >= 4 is 18.1 Å². The molecular weight excluding hydrogens is 268 g/mol. The van der Waals surface area contributed by atoms with Gasteiger partial charge in [0.15, 0.2) is 6.23 Å². The van der Waals surface area contributed by atoms with Crippen LogP contribution >= 0.6 is 0 Å². The van der Waals surface area contributed by atoms with Gasteiger partial charge in [-0.1, -0.05) is 24.3 Å². The maximum Gasteiger partial charge on any atom is 0.341 e. The van der Waals surface area contributed by atoms with Crippen molar-refractivity contribution in [3.05, 3.63) is 55.1 Å². The van der Waals surface area contributed by atoms with E-state index in [1.807, 2.05) is 4.90 Å². The van der Waals surface area contributed by atoms with Crippen LogP contribution in [0.3, 0.4) is 0 Å². The van der Waals surface area contributed by atoms with Crippen LogP contribution in [0.4, 0.5) is 5.69 Å². The van der Waals surface area contributed by atoms with Crippen LogP contribution in [0.1, 0.15) is 17.3 Å². The lowest BCUT2D eigenvalue weighted by molar-refractivity contribution is -0.105. The Morgan fingerprint density at radius 3 is 2.52 bits per heavy atom. The van der Waals surface area contributed by atoms with Crippen LogP contribution in [0.5, 0.6) is 0 Å². The summed E-state index contributed by atoms with van der Waals surface area (Å²) < 4.78 is 5.43. The molecule has 21 heavy (non-hydrogen) atoms. The second-order valence-corrected chi connectivity index (χ2v) is 4.34. The number of benzene rings is 1. The van der Waals surface area contributed by atoms with E-state index in [1.54, 1.807) is 43.3 Å². The molecule has 1 rings (SSSR count). The second-order valence-electron chi connectivity index (χ2n) is 4.34. The smallest absolute Gasteiger partial charge is 0.341 e. The van der Waals surface area contributed by atoms with Gasteiger partial charge in [0.2, 0.25) is 6.41 Å². The number of para-hydroxylation sites is 1. The van der Waals surface area contributed by atoms with Crippen LogP contribution in [-0.2, 0) is 9.53 Å². The van der Waals surface area contributed by atoms with E-state index < -0.39 is 12.2 Å². The molecule has 1 atom stereocenters. The SMILES string of the molecule is C=CCN(CC=C)C(C)OC(=O)c1ccccc1NC=O. The summed E-state index contributed by atoms with van der Waals surface area (Å²) in [6, 6.07) is 6.68. The fourth-order valence-electron chi connectivity index (χ4n) is 1.85. The van der Waals surface area contributed by atoms with Crippen molar-refractivity contribution in [2.45, 2.75) is 13.2 Å². The molecule has 1 aromatic rings. The molecule has 1 amide bonds. The minimum absolute atomic E-state index is 0.314. The Balaban J connectivity index is 2.81. The number of amides is 1. The normalized spacial score (nSPS) is 11.5. The Bertz CT molecular complexity index is 504. The molecule has 0 saturated carbocycles. The number of anilines is 1. The molecule has 0 saturated heterocycles. The predicted molar refractivity (Wildman–Crippen MR) is 83.0 cm³/mol. The summed E-state index contributed by atoms with van der Waals surface area (Å²) in [5.74, 6) is -0.495. The standard InChI is InChI=1S/C16H20N2O3/c1-4-10-18(11-5-2)13(3)21-16(20)14-8-6-7-9-15(14)17-12-19/h4-9,12-13H,1-2,10-11H2,3H3,(H,17,19). The van der Waals surface area contributed by atoms with E-state index >= 15 is 0 Å². The number of ether oxygens (including phenoxy) is 1. The number of carbonyl (C=O) groups is 2. The molecule has 0 aliphatic heterocycles. The molecule has 1 aromatic carbocycles. The van der Waals surface area contributed by atoms with Crippen molar-refractivity contribution < 1.29 is 14.3 Å². The minimum Gasteiger partial charge on any atom is -0.443 e. The van der Waals surface area contributed by atoms with Crippen molar-refractivity contribution in [1.82, 2.24) is 4.90 Å². The third kappa shape index (κ3) is 4.89. The Hall–Kier alpha value is -2.40. The Morgan fingerprint density at radius 1 is 1.33 bits per heavy atom. The number of carbonyl (C=O) groups excluding carboxylic acids is 2. The fourth-order valence-corrected chi connectivity index (χ4v) is 1.85. The number of hydrogen-bond donors (Lipinski definition) is 1. The lowest BCUT2D eigenvalue weighted by Crippen LogP contribution is -2.37. The molecule has 0 bridgehead atoms. The highest BCUT2D eigenvalue weighted by atomic mass is 16.6. The zero-order chi connectivity index (χ0) is 15.7. The molecule has 0 fully saturated rings. The highest BCUT2D eigenvalue weighted by molar-refractivity contribution is 5.97. The quantitative estimate of drug-likeness (QED) is 0.328. The second kappa shape index (κ2) is 8.71. The predicted octanol–water partition coefficient (Wildman–Crippen LogP) is 2.43. The maximum absolute atomic E-state index is 12.2. The van der Waals surface area contributed by atoms with Gasteiger partial charge >= 0.3 is 5.97 Å². The lowest BCUT2D eigenvalue weighted by atomic mass is 10.2. The molecule has 0 aliphatic rings. The van der Waals surface area contributed by atoms with Gasteiger partial charge in [-0.3, -0.25) is 9.69 Å². The Kier molecular flexibility index (Phi) is 6.91. The zero-order valence-electron chi connectivity index (χ0n) is 12.1. The van der Waals surface area contributed by atoms with Crippen molar-refractivity contribution in [3.63, 3.8) is 0 Å². The topological polar surface area (TPSA) is 58.6 Å². The minimum atomic E-state index is -0.495. The first-order valence-electron chi connectivity index (χ1n) is 6.60. The number of rotatable bonds is 9. The van der Waals surface area contributed by atoms with Crippen LogP contribution in [0.15, 0.2) is 49.6 Å². The van der Waals surface area contributed by atoms with Crippen molar-refractivity contribution in [1.29, 1.82) is 0 Å². The Labute approximate surface area is 124 Å². The molecule has 1 N–H and O–H groups in total. The van der Waals surface area contributed by atoms with Gasteiger partial charge in [-0.15, -0.1) is 13.2 Å². The van der Waals surface area contributed by atoms with Crippen LogP contribution in [0.25, 0.3) is 0 Å². The first-order valence-corrected chi connectivity index (χ1v) is 6.60. The fraction of sp³-hybridized carbons (Fsp3) is 0.250. The van der Waals surface area contributed by atoms with Gasteiger partial charge in [0.1, 0.15) is 0 Å². The van der Waals surface area contributed by atoms with E-state index in [4.69, 9.17) is 4.74 Å². The monoisotopic (exact) mass is 288 g/mol. The number of hydrogen-bond acceptors (Lipinski definition) is 4. The van der Waals surface area contributed by atoms with Crippen molar-refractivity contribution in [2.24, 2.45) is 0 Å². The number of esters is 1. The first kappa shape index (κ1) is 16.7. The van der Waals surface area contributed by atoms with Gasteiger partial charge in [0, 0.05) is 13.1 Å². The number of nitrogens with zero attached hydrogens (tertiary/aromatic N) is 1. The van der Waals surface area contributed by atoms with Gasteiger partial charge in [0.05, 0.1) is 11.3 Å². The molecule has 1 unspecified atom stereocenters. The maximum atomic E-state index is 12.2. The summed E-state index contributed by atoms with van der Waals surface area (Å²) >= 11 is 0. The third-order valence-electron chi connectivity index (χ3n) is 2.88. The van der Waals surface area contributed by atoms with E-state index in [-0.39, 0.29) is 0 Å². The largest absolute Gasteiger partial charge is 0.443 e. The summed E-state index contributed by atoms with van der Waals surface area (Å²) in [6.45, 7) is 10.3. The molecule has 5 nitrogen and oxygen atoms in total. The van der Waals surface area contributed by atoms with Gasteiger partial charge in [-0.05, 0) is 19.1 Å². The molecule has 0 spiro atoms. The highest BCUT2D eigenvalue weighted by Crippen LogP contribution is 2.17. The van der Waals surface area contributed by atoms with Gasteiger partial charge in [0.25, 0.3) is 0 Å². The molecular formula is C16H20N2O3. The Morgan fingerprint density at radius 2 is 1.95 bits per heavy atom. The van der Waals surface area contributed by atoms with Gasteiger partial charge in [-0.2, -0.15) is 0 Å². The zero-order valence-corrected chi connectivity index (χ0v) is 12.1. The van der Waals surface area contributed by atoms with Crippen LogP contribution in [0, 0.1) is 0 Å². The summed E-state index contributed by atoms with van der Waals surface area (Å²) in [7, 11) is 0. The lowest BCUT2D eigenvalue weighted by Gasteiger charge is -2.26. The van der Waals surface area contributed by atoms with E-state index in [0.717, 1.165) is 0 Å². The van der Waals surface area contributed by atoms with Crippen molar-refractivity contribution in [2.75, 3.05) is 18.4 Å². The van der Waals surface area contributed by atoms with E-state index in [2.05, 4.69) is 18.5 Å². The molecule has 0 aliphatic carbocycles. The molecule has 5 heteroatoms. The molecule has 112 valence electrons. The van der Waals surface area contributed by atoms with E-state index in [9.17, 15) is 9.59 Å². The third-order valence-corrected chi connectivity index (χ3v) is 2.88. The number of nitrogens with one attached hydrogen (secondary N) is 1. The van der Waals surface area contributed by atoms with Crippen LogP contribution in [-0.4, -0.2) is 36.6 Å². The molecule has 0 aromatic heterocycles. The van der Waals surface area contributed by atoms with Crippen molar-refractivity contribution in [3.8, 4) is 0 Å². The van der Waals surface area contributed by atoms with E-state index in [1.165, 1.54) is 0 Å². The van der Waals surface area contributed by atoms with Crippen LogP contribution < -0.4 is 5.32 Å². The summed E-state index contributed by atoms with van der Waals surface area (Å²) in [4.78, 5) is 24.7. The average molecular weight is 288 g/mol. The van der Waals surface area contributed by atoms with Crippen LogP contribution in [0.2, 0.25) is 0 Å². The summed E-state index contributed by atoms with van der Waals surface area (Å²) in [5, 5.41) is 2.48. The average Bonchev–Trinajstić information content (AvgIpc) is 2.47. The summed E-state index contributed by atoms with van der Waals surface area (Å²) in [5.41, 5.74) is 0.734. The van der Waals surface area contributed by atoms with Gasteiger partial charge < -0.3 is 10.1 Å². The first-order chi connectivity index (χ1) is 10.1.